The Morgan fingerprint density at radius 2 is 1.89 bits per heavy atom. The van der Waals surface area contributed by atoms with E-state index in [0.717, 1.165) is 23.3 Å². The number of benzene rings is 2. The van der Waals surface area contributed by atoms with Crippen molar-refractivity contribution in [3.8, 4) is 5.75 Å². The van der Waals surface area contributed by atoms with Crippen LogP contribution in [0.1, 0.15) is 62.1 Å². The highest BCUT2D eigenvalue weighted by Gasteiger charge is 2.33. The van der Waals surface area contributed by atoms with E-state index >= 15 is 0 Å². The lowest BCUT2D eigenvalue weighted by Gasteiger charge is -2.38. The summed E-state index contributed by atoms with van der Waals surface area (Å²) in [5, 5.41) is 0. The Labute approximate surface area is 213 Å². The summed E-state index contributed by atoms with van der Waals surface area (Å²) in [7, 11) is 1.76. The molecule has 0 saturated carbocycles. The first kappa shape index (κ1) is 25.5. The van der Waals surface area contributed by atoms with Crippen LogP contribution in [0, 0.1) is 5.92 Å². The zero-order chi connectivity index (χ0) is 25.7. The molecule has 2 aromatic carbocycles. The second-order valence-electron chi connectivity index (χ2n) is 9.90. The molecule has 2 atom stereocenters. The molecule has 3 aromatic rings. The number of hydrogen-bond acceptors (Lipinski definition) is 4. The normalized spacial score (nSPS) is 15.9. The van der Waals surface area contributed by atoms with Crippen LogP contribution in [-0.2, 0) is 22.6 Å². The molecule has 2 amide bonds. The quantitative estimate of drug-likeness (QED) is 0.392. The third-order valence-corrected chi connectivity index (χ3v) is 6.64. The molecular formula is C30H36N2O4. The molecule has 1 aliphatic rings. The number of hydrogen-bond donors (Lipinski definition) is 0. The number of fused-ring (bicyclic) bond motifs is 1. The summed E-state index contributed by atoms with van der Waals surface area (Å²) in [6.45, 7) is 7.17. The van der Waals surface area contributed by atoms with Crippen molar-refractivity contribution in [1.29, 1.82) is 0 Å². The van der Waals surface area contributed by atoms with E-state index < -0.39 is 6.10 Å². The van der Waals surface area contributed by atoms with E-state index in [-0.39, 0.29) is 17.9 Å². The lowest BCUT2D eigenvalue weighted by atomic mass is 9.87. The molecule has 1 aromatic heterocycles. The molecular weight excluding hydrogens is 452 g/mol. The van der Waals surface area contributed by atoms with Crippen LogP contribution in [0.3, 0.4) is 0 Å². The van der Waals surface area contributed by atoms with E-state index in [1.807, 2.05) is 54.3 Å². The minimum absolute atomic E-state index is 0.0973. The highest BCUT2D eigenvalue weighted by Crippen LogP contribution is 2.38. The van der Waals surface area contributed by atoms with Crippen LogP contribution in [0.25, 0.3) is 0 Å². The van der Waals surface area contributed by atoms with Crippen LogP contribution in [0.2, 0.25) is 0 Å². The SMILES string of the molecule is CC[C@@H](Oc1ccc2c(c1)[C@H](c1ccccc1)N(C(=O)CC(C)C)CC2)C(=O)N(C)Cc1ccco1. The standard InChI is InChI=1S/C30H36N2O4/c1-5-27(30(34)31(4)20-25-12-9-17-35-25)36-24-14-13-22-15-16-32(28(33)18-21(2)3)29(26(22)19-24)23-10-7-6-8-11-23/h6-14,17,19,21,27,29H,5,15-16,18,20H2,1-4H3/t27-,29+/m1/s1. The Kier molecular flexibility index (Phi) is 8.14. The molecule has 190 valence electrons. The molecule has 0 saturated heterocycles. The Bertz CT molecular complexity index is 1160. The van der Waals surface area contributed by atoms with Gasteiger partial charge in [-0.2, -0.15) is 0 Å². The van der Waals surface area contributed by atoms with Crippen molar-refractivity contribution in [3.05, 3.63) is 89.4 Å². The van der Waals surface area contributed by atoms with Crippen molar-refractivity contribution in [3.63, 3.8) is 0 Å². The molecule has 0 N–H and O–H groups in total. The number of furan rings is 1. The average molecular weight is 489 g/mol. The molecule has 0 spiro atoms. The zero-order valence-corrected chi connectivity index (χ0v) is 21.6. The predicted molar refractivity (Wildman–Crippen MR) is 139 cm³/mol. The van der Waals surface area contributed by atoms with Crippen molar-refractivity contribution >= 4 is 11.8 Å². The van der Waals surface area contributed by atoms with Gasteiger partial charge in [0.05, 0.1) is 18.8 Å². The molecule has 0 bridgehead atoms. The predicted octanol–water partition coefficient (Wildman–Crippen LogP) is 5.62. The Balaban J connectivity index is 1.60. The van der Waals surface area contributed by atoms with Gasteiger partial charge in [-0.25, -0.2) is 0 Å². The zero-order valence-electron chi connectivity index (χ0n) is 21.6. The lowest BCUT2D eigenvalue weighted by Crippen LogP contribution is -2.41. The van der Waals surface area contributed by atoms with Gasteiger partial charge in [0.1, 0.15) is 11.5 Å². The summed E-state index contributed by atoms with van der Waals surface area (Å²) in [6.07, 6.45) is 2.85. The molecule has 0 radical (unpaired) electrons. The fourth-order valence-electron chi connectivity index (χ4n) is 4.83. The minimum atomic E-state index is -0.611. The van der Waals surface area contributed by atoms with Crippen LogP contribution in [0.15, 0.2) is 71.3 Å². The van der Waals surface area contributed by atoms with Gasteiger partial charge in [0.2, 0.25) is 5.91 Å². The first-order valence-corrected chi connectivity index (χ1v) is 12.8. The van der Waals surface area contributed by atoms with Crippen molar-refractivity contribution < 1.29 is 18.7 Å². The van der Waals surface area contributed by atoms with Gasteiger partial charge < -0.3 is 19.0 Å². The van der Waals surface area contributed by atoms with Gasteiger partial charge in [-0.1, -0.05) is 57.2 Å². The summed E-state index contributed by atoms with van der Waals surface area (Å²) in [6, 6.07) is 19.7. The molecule has 0 aliphatic carbocycles. The Hall–Kier alpha value is -3.54. The number of amides is 2. The van der Waals surface area contributed by atoms with Gasteiger partial charge in [0, 0.05) is 20.0 Å². The van der Waals surface area contributed by atoms with E-state index in [4.69, 9.17) is 9.15 Å². The number of ether oxygens (including phenoxy) is 1. The minimum Gasteiger partial charge on any atom is -0.481 e. The number of likely N-dealkylation sites (N-methyl/N-ethyl adjacent to an activating group) is 1. The maximum atomic E-state index is 13.2. The van der Waals surface area contributed by atoms with Gasteiger partial charge in [0.15, 0.2) is 6.10 Å². The van der Waals surface area contributed by atoms with Gasteiger partial charge in [-0.05, 0) is 59.7 Å². The first-order chi connectivity index (χ1) is 17.4. The van der Waals surface area contributed by atoms with Gasteiger partial charge in [-0.15, -0.1) is 0 Å². The molecule has 1 aliphatic heterocycles. The summed E-state index contributed by atoms with van der Waals surface area (Å²) < 4.78 is 11.6. The summed E-state index contributed by atoms with van der Waals surface area (Å²) in [4.78, 5) is 30.0. The highest BCUT2D eigenvalue weighted by atomic mass is 16.5. The van der Waals surface area contributed by atoms with E-state index in [1.54, 1.807) is 18.2 Å². The average Bonchev–Trinajstić information content (AvgIpc) is 3.39. The number of carbonyl (C=O) groups excluding carboxylic acids is 2. The fourth-order valence-corrected chi connectivity index (χ4v) is 4.83. The second kappa shape index (κ2) is 11.5. The molecule has 6 heteroatoms. The monoisotopic (exact) mass is 488 g/mol. The van der Waals surface area contributed by atoms with Crippen molar-refractivity contribution in [2.75, 3.05) is 13.6 Å². The largest absolute Gasteiger partial charge is 0.481 e. The van der Waals surface area contributed by atoms with Gasteiger partial charge in [0.25, 0.3) is 5.91 Å². The van der Waals surface area contributed by atoms with E-state index in [0.29, 0.717) is 37.6 Å². The molecule has 0 fully saturated rings. The van der Waals surface area contributed by atoms with Crippen molar-refractivity contribution in [2.24, 2.45) is 5.92 Å². The number of carbonyl (C=O) groups is 2. The maximum absolute atomic E-state index is 13.2. The molecule has 4 rings (SSSR count). The second-order valence-corrected chi connectivity index (χ2v) is 9.90. The fraction of sp³-hybridized carbons (Fsp3) is 0.400. The Morgan fingerprint density at radius 3 is 2.56 bits per heavy atom. The van der Waals surface area contributed by atoms with Crippen molar-refractivity contribution in [2.45, 2.75) is 58.7 Å². The summed E-state index contributed by atoms with van der Waals surface area (Å²) in [5.41, 5.74) is 3.35. The molecule has 2 heterocycles. The Morgan fingerprint density at radius 1 is 1.11 bits per heavy atom. The van der Waals surface area contributed by atoms with E-state index in [1.165, 1.54) is 5.56 Å². The van der Waals surface area contributed by atoms with Gasteiger partial charge >= 0.3 is 0 Å². The first-order valence-electron chi connectivity index (χ1n) is 12.8. The highest BCUT2D eigenvalue weighted by molar-refractivity contribution is 5.81. The van der Waals surface area contributed by atoms with E-state index in [2.05, 4.69) is 32.0 Å². The number of rotatable bonds is 9. The smallest absolute Gasteiger partial charge is 0.263 e. The third kappa shape index (κ3) is 5.81. The van der Waals surface area contributed by atoms with Gasteiger partial charge in [-0.3, -0.25) is 9.59 Å². The molecule has 36 heavy (non-hydrogen) atoms. The molecule has 6 nitrogen and oxygen atoms in total. The van der Waals surface area contributed by atoms with Crippen LogP contribution in [0.5, 0.6) is 5.75 Å². The van der Waals surface area contributed by atoms with Crippen LogP contribution < -0.4 is 4.74 Å². The van der Waals surface area contributed by atoms with Crippen molar-refractivity contribution in [1.82, 2.24) is 9.80 Å². The maximum Gasteiger partial charge on any atom is 0.263 e. The third-order valence-electron chi connectivity index (χ3n) is 6.64. The van der Waals surface area contributed by atoms with Crippen LogP contribution >= 0.6 is 0 Å². The van der Waals surface area contributed by atoms with Crippen LogP contribution in [0.4, 0.5) is 0 Å². The summed E-state index contributed by atoms with van der Waals surface area (Å²) >= 11 is 0. The summed E-state index contributed by atoms with van der Waals surface area (Å²) in [5.74, 6) is 1.72. The lowest BCUT2D eigenvalue weighted by molar-refractivity contribution is -0.138. The molecule has 0 unspecified atom stereocenters. The van der Waals surface area contributed by atoms with E-state index in [9.17, 15) is 9.59 Å². The number of nitrogens with zero attached hydrogens (tertiary/aromatic N) is 2. The topological polar surface area (TPSA) is 63.0 Å². The van der Waals surface area contributed by atoms with Crippen LogP contribution in [-0.4, -0.2) is 41.3 Å².